The van der Waals surface area contributed by atoms with Crippen molar-refractivity contribution in [3.05, 3.63) is 18.4 Å². The number of hydrogen-bond acceptors (Lipinski definition) is 1. The Morgan fingerprint density at radius 1 is 1.23 bits per heavy atom. The second-order valence-electron chi connectivity index (χ2n) is 3.66. The van der Waals surface area contributed by atoms with Crippen molar-refractivity contribution in [3.63, 3.8) is 0 Å². The zero-order chi connectivity index (χ0) is 10.2. The van der Waals surface area contributed by atoms with E-state index in [2.05, 4.69) is 26.2 Å². The molecule has 76 valence electrons. The van der Waals surface area contributed by atoms with E-state index in [1.54, 1.807) is 6.08 Å². The van der Waals surface area contributed by atoms with E-state index in [0.717, 1.165) is 38.5 Å². The molecule has 0 heterocycles. The van der Waals surface area contributed by atoms with E-state index in [1.165, 1.54) is 0 Å². The van der Waals surface area contributed by atoms with Gasteiger partial charge in [0.1, 0.15) is 0 Å². The Balaban J connectivity index is 4.07. The van der Waals surface area contributed by atoms with Crippen molar-refractivity contribution in [2.45, 2.75) is 58.0 Å². The highest BCUT2D eigenvalue weighted by molar-refractivity contribution is 4.98. The molecule has 1 heteroatoms. The average molecular weight is 182 g/mol. The maximum atomic E-state index is 10.1. The second kappa shape index (κ2) is 6.94. The molecular weight excluding hydrogens is 160 g/mol. The van der Waals surface area contributed by atoms with Gasteiger partial charge < -0.3 is 5.11 Å². The molecule has 0 aliphatic rings. The van der Waals surface area contributed by atoms with Crippen LogP contribution in [0.2, 0.25) is 0 Å². The molecule has 0 aliphatic carbocycles. The van der Waals surface area contributed by atoms with Crippen molar-refractivity contribution in [1.29, 1.82) is 0 Å². The zero-order valence-corrected chi connectivity index (χ0v) is 8.97. The zero-order valence-electron chi connectivity index (χ0n) is 8.97. The van der Waals surface area contributed by atoms with Crippen LogP contribution < -0.4 is 0 Å². The Labute approximate surface area is 82.2 Å². The van der Waals surface area contributed by atoms with Crippen molar-refractivity contribution in [2.75, 3.05) is 0 Å². The Morgan fingerprint density at radius 3 is 2.00 bits per heavy atom. The van der Waals surface area contributed by atoms with Gasteiger partial charge in [-0.15, -0.1) is 5.73 Å². The molecule has 0 aromatic carbocycles. The van der Waals surface area contributed by atoms with E-state index in [9.17, 15) is 5.11 Å². The quantitative estimate of drug-likeness (QED) is 0.598. The minimum Gasteiger partial charge on any atom is -0.385 e. The topological polar surface area (TPSA) is 20.2 Å². The lowest BCUT2D eigenvalue weighted by Crippen LogP contribution is -2.25. The minimum atomic E-state index is -0.645. The third-order valence-corrected chi connectivity index (χ3v) is 2.30. The Hall–Kier alpha value is -0.520. The van der Waals surface area contributed by atoms with Crippen LogP contribution in [-0.4, -0.2) is 10.7 Å². The molecule has 0 atom stereocenters. The summed E-state index contributed by atoms with van der Waals surface area (Å²) in [5, 5.41) is 10.1. The van der Waals surface area contributed by atoms with Gasteiger partial charge in [0, 0.05) is 0 Å². The first-order valence-electron chi connectivity index (χ1n) is 5.28. The van der Waals surface area contributed by atoms with Crippen LogP contribution in [0.25, 0.3) is 0 Å². The van der Waals surface area contributed by atoms with Gasteiger partial charge in [0.15, 0.2) is 0 Å². The van der Waals surface area contributed by atoms with Crippen LogP contribution in [0.4, 0.5) is 0 Å². The van der Waals surface area contributed by atoms with Gasteiger partial charge in [-0.05, 0) is 18.9 Å². The summed E-state index contributed by atoms with van der Waals surface area (Å²) in [5.41, 5.74) is 2.06. The predicted molar refractivity (Wildman–Crippen MR) is 57.7 cm³/mol. The average Bonchev–Trinajstić information content (AvgIpc) is 2.12. The van der Waals surface area contributed by atoms with Crippen molar-refractivity contribution in [2.24, 2.45) is 0 Å². The number of aliphatic hydroxyl groups is 1. The molecule has 0 saturated heterocycles. The van der Waals surface area contributed by atoms with Crippen LogP contribution in [0.5, 0.6) is 0 Å². The lowest BCUT2D eigenvalue weighted by molar-refractivity contribution is 0.0676. The maximum Gasteiger partial charge on any atom is 0.0900 e. The van der Waals surface area contributed by atoms with Gasteiger partial charge in [-0.25, -0.2) is 0 Å². The molecule has 0 unspecified atom stereocenters. The van der Waals surface area contributed by atoms with Gasteiger partial charge in [0.2, 0.25) is 0 Å². The third-order valence-electron chi connectivity index (χ3n) is 2.30. The van der Waals surface area contributed by atoms with Crippen molar-refractivity contribution >= 4 is 0 Å². The molecule has 0 rings (SSSR count). The standard InChI is InChI=1S/C12H22O/c1-4-7-10-12(13,9-6-3)11-8-5-2/h9,13H,3-5,7-8,10-11H2,1-2H3. The van der Waals surface area contributed by atoms with Gasteiger partial charge >= 0.3 is 0 Å². The lowest BCUT2D eigenvalue weighted by Gasteiger charge is -2.23. The highest BCUT2D eigenvalue weighted by atomic mass is 16.3. The Kier molecular flexibility index (Phi) is 6.66. The van der Waals surface area contributed by atoms with Crippen LogP contribution in [0, 0.1) is 0 Å². The van der Waals surface area contributed by atoms with Crippen LogP contribution in [0.3, 0.4) is 0 Å². The van der Waals surface area contributed by atoms with Crippen LogP contribution in [0.1, 0.15) is 52.4 Å². The largest absolute Gasteiger partial charge is 0.385 e. The molecule has 0 aliphatic heterocycles. The lowest BCUT2D eigenvalue weighted by atomic mass is 9.91. The monoisotopic (exact) mass is 182 g/mol. The summed E-state index contributed by atoms with van der Waals surface area (Å²) < 4.78 is 0. The first-order valence-corrected chi connectivity index (χ1v) is 5.28. The summed E-state index contributed by atoms with van der Waals surface area (Å²) in [7, 11) is 0. The summed E-state index contributed by atoms with van der Waals surface area (Å²) >= 11 is 0. The molecule has 0 aromatic rings. The summed E-state index contributed by atoms with van der Waals surface area (Å²) in [6.07, 6.45) is 7.78. The molecule has 0 radical (unpaired) electrons. The van der Waals surface area contributed by atoms with E-state index in [4.69, 9.17) is 0 Å². The van der Waals surface area contributed by atoms with Crippen molar-refractivity contribution in [1.82, 2.24) is 0 Å². The van der Waals surface area contributed by atoms with E-state index in [0.29, 0.717) is 0 Å². The molecule has 0 spiro atoms. The van der Waals surface area contributed by atoms with Gasteiger partial charge in [-0.3, -0.25) is 0 Å². The van der Waals surface area contributed by atoms with Crippen molar-refractivity contribution in [3.8, 4) is 0 Å². The minimum absolute atomic E-state index is 0.645. The Morgan fingerprint density at radius 2 is 1.69 bits per heavy atom. The van der Waals surface area contributed by atoms with Gasteiger partial charge in [0.25, 0.3) is 0 Å². The van der Waals surface area contributed by atoms with Gasteiger partial charge in [-0.2, -0.15) is 0 Å². The molecule has 0 bridgehead atoms. The molecular formula is C12H22O. The van der Waals surface area contributed by atoms with Gasteiger partial charge in [-0.1, -0.05) is 46.1 Å². The number of unbranched alkanes of at least 4 members (excludes halogenated alkanes) is 2. The van der Waals surface area contributed by atoms with Crippen LogP contribution >= 0.6 is 0 Å². The molecule has 1 nitrogen and oxygen atoms in total. The van der Waals surface area contributed by atoms with Crippen LogP contribution in [0.15, 0.2) is 18.4 Å². The first-order chi connectivity index (χ1) is 6.18. The fourth-order valence-corrected chi connectivity index (χ4v) is 1.43. The van der Waals surface area contributed by atoms with Gasteiger partial charge in [0.05, 0.1) is 5.60 Å². The molecule has 0 aromatic heterocycles. The Bertz CT molecular complexity index is 158. The van der Waals surface area contributed by atoms with E-state index >= 15 is 0 Å². The first kappa shape index (κ1) is 12.5. The fourth-order valence-electron chi connectivity index (χ4n) is 1.43. The molecule has 13 heavy (non-hydrogen) atoms. The summed E-state index contributed by atoms with van der Waals surface area (Å²) in [5.74, 6) is 0. The highest BCUT2D eigenvalue weighted by Gasteiger charge is 2.21. The highest BCUT2D eigenvalue weighted by Crippen LogP contribution is 2.22. The van der Waals surface area contributed by atoms with Crippen LogP contribution in [-0.2, 0) is 0 Å². The third kappa shape index (κ3) is 5.68. The summed E-state index contributed by atoms with van der Waals surface area (Å²) in [4.78, 5) is 0. The van der Waals surface area contributed by atoms with E-state index in [-0.39, 0.29) is 0 Å². The maximum absolute atomic E-state index is 10.1. The number of hydrogen-bond donors (Lipinski definition) is 1. The molecule has 0 fully saturated rings. The number of rotatable bonds is 7. The smallest absolute Gasteiger partial charge is 0.0900 e. The second-order valence-corrected chi connectivity index (χ2v) is 3.66. The van der Waals surface area contributed by atoms with E-state index < -0.39 is 5.60 Å². The molecule has 0 saturated carbocycles. The molecule has 1 N–H and O–H groups in total. The molecule has 0 amide bonds. The SMILES string of the molecule is C=C=CC(O)(CCCC)CCCC. The predicted octanol–water partition coefficient (Wildman–Crippen LogP) is 3.44. The summed E-state index contributed by atoms with van der Waals surface area (Å²) in [6, 6.07) is 0. The normalized spacial score (nSPS) is 11.0. The fraction of sp³-hybridized carbons (Fsp3) is 0.750. The van der Waals surface area contributed by atoms with Crippen molar-refractivity contribution < 1.29 is 5.11 Å². The van der Waals surface area contributed by atoms with E-state index in [1.807, 2.05) is 0 Å². The summed E-state index contributed by atoms with van der Waals surface area (Å²) in [6.45, 7) is 7.79.